The first-order valence-electron chi connectivity index (χ1n) is 15.1. The number of nitrogens with one attached hydrogen (secondary N) is 1. The van der Waals surface area contributed by atoms with Gasteiger partial charge in [-0.1, -0.05) is 62.2 Å². The Kier molecular flexibility index (Phi) is 8.74. The highest BCUT2D eigenvalue weighted by molar-refractivity contribution is 5.98. The van der Waals surface area contributed by atoms with Crippen molar-refractivity contribution in [2.24, 2.45) is 17.3 Å². The van der Waals surface area contributed by atoms with Gasteiger partial charge < -0.3 is 20.2 Å². The van der Waals surface area contributed by atoms with E-state index >= 15 is 0 Å². The molecule has 40 heavy (non-hydrogen) atoms. The summed E-state index contributed by atoms with van der Waals surface area (Å²) >= 11 is 0. The molecule has 0 aromatic heterocycles. The summed E-state index contributed by atoms with van der Waals surface area (Å²) in [6.07, 6.45) is 10.3. The molecule has 5 rings (SSSR count). The molecule has 3 aliphatic heterocycles. The fourth-order valence-corrected chi connectivity index (χ4v) is 6.93. The first kappa shape index (κ1) is 28.5. The molecule has 1 saturated carbocycles. The number of fused-ring (bicyclic) bond motifs is 2. The maximum absolute atomic E-state index is 14.2. The highest BCUT2D eigenvalue weighted by Gasteiger charge is 2.62. The molecule has 216 valence electrons. The van der Waals surface area contributed by atoms with Crippen molar-refractivity contribution >= 4 is 23.5 Å². The van der Waals surface area contributed by atoms with E-state index in [1.165, 1.54) is 0 Å². The number of amides is 3. The molecule has 2 N–H and O–H groups in total. The minimum atomic E-state index is -0.885. The van der Waals surface area contributed by atoms with Crippen molar-refractivity contribution in [3.63, 3.8) is 0 Å². The van der Waals surface area contributed by atoms with Crippen molar-refractivity contribution in [1.82, 2.24) is 15.1 Å². The lowest BCUT2D eigenvalue weighted by Gasteiger charge is -2.31. The molecule has 8 heteroatoms. The minimum absolute atomic E-state index is 0.0330. The highest BCUT2D eigenvalue weighted by atomic mass is 16.3. The number of allylic oxidation sites excluding steroid dienone is 2. The van der Waals surface area contributed by atoms with E-state index in [9.17, 15) is 24.3 Å². The molecular weight excluding hydrogens is 506 g/mol. The Labute approximate surface area is 237 Å². The van der Waals surface area contributed by atoms with E-state index in [0.717, 1.165) is 44.1 Å². The van der Waals surface area contributed by atoms with Crippen LogP contribution in [0.1, 0.15) is 76.7 Å². The zero-order valence-electron chi connectivity index (χ0n) is 23.6. The maximum Gasteiger partial charge on any atom is 0.243 e. The van der Waals surface area contributed by atoms with Gasteiger partial charge in [-0.15, -0.1) is 0 Å². The monoisotopic (exact) mass is 549 g/mol. The number of nitrogens with zero attached hydrogens (tertiary/aromatic N) is 2. The van der Waals surface area contributed by atoms with Gasteiger partial charge >= 0.3 is 0 Å². The van der Waals surface area contributed by atoms with E-state index in [2.05, 4.69) is 17.5 Å². The second-order valence-electron chi connectivity index (χ2n) is 12.3. The molecule has 4 aliphatic rings. The molecule has 3 heterocycles. The molecule has 0 bridgehead atoms. The molecule has 8 nitrogen and oxygen atoms in total. The van der Waals surface area contributed by atoms with Crippen LogP contribution in [0.3, 0.4) is 0 Å². The molecule has 0 spiro atoms. The fraction of sp³-hybridized carbons (Fsp3) is 0.625. The third-order valence-electron chi connectivity index (χ3n) is 9.41. The number of rotatable bonds is 4. The van der Waals surface area contributed by atoms with Crippen molar-refractivity contribution in [3.8, 4) is 0 Å². The van der Waals surface area contributed by atoms with Crippen LogP contribution in [0.15, 0.2) is 42.5 Å². The molecule has 2 saturated heterocycles. The van der Waals surface area contributed by atoms with Gasteiger partial charge in [-0.2, -0.15) is 0 Å². The van der Waals surface area contributed by atoms with Crippen molar-refractivity contribution in [2.45, 2.75) is 95.9 Å². The number of hydrogen-bond donors (Lipinski definition) is 2. The molecule has 1 aliphatic carbocycles. The molecular formula is C32H43N3O5. The van der Waals surface area contributed by atoms with Crippen molar-refractivity contribution < 1.29 is 24.3 Å². The first-order chi connectivity index (χ1) is 19.3. The van der Waals surface area contributed by atoms with Crippen LogP contribution in [-0.4, -0.2) is 69.7 Å². The molecule has 3 fully saturated rings. The van der Waals surface area contributed by atoms with Gasteiger partial charge in [0, 0.05) is 38.4 Å². The summed E-state index contributed by atoms with van der Waals surface area (Å²) in [4.78, 5) is 57.7. The van der Waals surface area contributed by atoms with Gasteiger partial charge in [-0.25, -0.2) is 0 Å². The fourth-order valence-electron chi connectivity index (χ4n) is 6.93. The summed E-state index contributed by atoms with van der Waals surface area (Å²) in [7, 11) is 0. The van der Waals surface area contributed by atoms with Gasteiger partial charge in [-0.05, 0) is 50.0 Å². The highest BCUT2D eigenvalue weighted by Crippen LogP contribution is 2.58. The number of aliphatic hydroxyl groups excluding tert-OH is 1. The Balaban J connectivity index is 1.34. The number of hydrogen-bond acceptors (Lipinski definition) is 5. The van der Waals surface area contributed by atoms with Gasteiger partial charge in [0.25, 0.3) is 0 Å². The Morgan fingerprint density at radius 3 is 2.67 bits per heavy atom. The summed E-state index contributed by atoms with van der Waals surface area (Å²) in [6, 6.07) is 8.45. The van der Waals surface area contributed by atoms with Crippen LogP contribution in [0.2, 0.25) is 0 Å². The topological polar surface area (TPSA) is 107 Å². The smallest absolute Gasteiger partial charge is 0.243 e. The second-order valence-corrected chi connectivity index (χ2v) is 12.3. The number of ketones is 1. The van der Waals surface area contributed by atoms with Crippen LogP contribution in [0.5, 0.6) is 0 Å². The standard InChI is InChI=1S/C32H43N3O5/c1-22-11-6-3-2-4-9-14-24-18-32(24,19-28(37)27-17-25(36)21-35(27)30(22)39)31(40)34-16-10-15-26(34)29(38)33-20-23-12-7-5-8-13-23/h5,7-9,12-14,22,24-27,36H,2-4,6,10-11,15-21H2,1H3,(H,33,38)/b14-9-/t22-,24+,25+,26-,27-,32+/m0/s1. The van der Waals surface area contributed by atoms with Crippen molar-refractivity contribution in [2.75, 3.05) is 13.1 Å². The Morgan fingerprint density at radius 1 is 1.07 bits per heavy atom. The van der Waals surface area contributed by atoms with Crippen molar-refractivity contribution in [1.29, 1.82) is 0 Å². The van der Waals surface area contributed by atoms with Crippen LogP contribution < -0.4 is 5.32 Å². The predicted octanol–water partition coefficient (Wildman–Crippen LogP) is 3.38. The summed E-state index contributed by atoms with van der Waals surface area (Å²) < 4.78 is 0. The maximum atomic E-state index is 14.2. The number of benzene rings is 1. The molecule has 0 unspecified atom stereocenters. The summed E-state index contributed by atoms with van der Waals surface area (Å²) in [6.45, 7) is 2.98. The lowest BCUT2D eigenvalue weighted by atomic mass is 9.90. The van der Waals surface area contributed by atoms with Crippen LogP contribution in [0, 0.1) is 17.3 Å². The SMILES string of the molecule is C[C@H]1CCCCC/C=C\[C@@H]2C[C@@]2(C(=O)N2CCC[C@H]2C(=O)NCc2ccccc2)CC(=O)[C@@H]2C[C@@H](O)CN2C1=O. The molecule has 0 radical (unpaired) electrons. The van der Waals surface area contributed by atoms with Crippen LogP contribution >= 0.6 is 0 Å². The van der Waals surface area contributed by atoms with Gasteiger partial charge in [0.05, 0.1) is 17.6 Å². The number of carbonyl (C=O) groups excluding carboxylic acids is 4. The van der Waals surface area contributed by atoms with Crippen molar-refractivity contribution in [3.05, 3.63) is 48.0 Å². The number of aliphatic hydroxyl groups is 1. The zero-order chi connectivity index (χ0) is 28.3. The lowest BCUT2D eigenvalue weighted by Crippen LogP contribution is -2.50. The third kappa shape index (κ3) is 6.02. The Morgan fingerprint density at radius 2 is 1.88 bits per heavy atom. The summed E-state index contributed by atoms with van der Waals surface area (Å²) in [5.74, 6) is -0.776. The van der Waals surface area contributed by atoms with E-state index < -0.39 is 23.6 Å². The number of likely N-dealkylation sites (tertiary alicyclic amines) is 1. The molecule has 3 amide bonds. The van der Waals surface area contributed by atoms with Gasteiger partial charge in [0.1, 0.15) is 6.04 Å². The zero-order valence-corrected chi connectivity index (χ0v) is 23.6. The minimum Gasteiger partial charge on any atom is -0.391 e. The lowest BCUT2D eigenvalue weighted by molar-refractivity contribution is -0.146. The Hall–Kier alpha value is -3.00. The van der Waals surface area contributed by atoms with E-state index in [1.807, 2.05) is 37.3 Å². The van der Waals surface area contributed by atoms with Crippen LogP contribution in [-0.2, 0) is 25.7 Å². The van der Waals surface area contributed by atoms with Gasteiger partial charge in [0.15, 0.2) is 5.78 Å². The Bertz CT molecular complexity index is 1140. The predicted molar refractivity (Wildman–Crippen MR) is 151 cm³/mol. The summed E-state index contributed by atoms with van der Waals surface area (Å²) in [5.41, 5.74) is 0.113. The van der Waals surface area contributed by atoms with E-state index in [-0.39, 0.29) is 54.7 Å². The molecule has 1 aromatic rings. The quantitative estimate of drug-likeness (QED) is 0.560. The molecule has 6 atom stereocenters. The third-order valence-corrected chi connectivity index (χ3v) is 9.41. The van der Waals surface area contributed by atoms with Gasteiger partial charge in [0.2, 0.25) is 17.7 Å². The average molecular weight is 550 g/mol. The normalized spacial score (nSPS) is 33.9. The number of Topliss-reactive ketones (excluding diaryl/α,β-unsaturated/α-hetero) is 1. The summed E-state index contributed by atoms with van der Waals surface area (Å²) in [5, 5.41) is 13.4. The molecule has 1 aromatic carbocycles. The average Bonchev–Trinajstić information content (AvgIpc) is 3.26. The number of carbonyl (C=O) groups is 4. The van der Waals surface area contributed by atoms with E-state index in [4.69, 9.17) is 0 Å². The first-order valence-corrected chi connectivity index (χ1v) is 15.1. The largest absolute Gasteiger partial charge is 0.391 e. The van der Waals surface area contributed by atoms with E-state index in [1.54, 1.807) is 9.80 Å². The van der Waals surface area contributed by atoms with Crippen LogP contribution in [0.4, 0.5) is 0 Å². The second kappa shape index (κ2) is 12.2. The van der Waals surface area contributed by atoms with Crippen LogP contribution in [0.25, 0.3) is 0 Å². The van der Waals surface area contributed by atoms with Gasteiger partial charge in [-0.3, -0.25) is 19.2 Å². The van der Waals surface area contributed by atoms with E-state index in [0.29, 0.717) is 25.9 Å².